The quantitative estimate of drug-likeness (QED) is 0.737. The zero-order valence-electron chi connectivity index (χ0n) is 13.0. The Kier molecular flexibility index (Phi) is 5.37. The van der Waals surface area contributed by atoms with Gasteiger partial charge in [-0.1, -0.05) is 0 Å². The van der Waals surface area contributed by atoms with E-state index in [1.165, 1.54) is 6.20 Å². The molecule has 1 atom stereocenters. The van der Waals surface area contributed by atoms with E-state index in [0.717, 1.165) is 26.1 Å². The molecule has 21 heavy (non-hydrogen) atoms. The highest BCUT2D eigenvalue weighted by Gasteiger charge is 2.31. The summed E-state index contributed by atoms with van der Waals surface area (Å²) in [5.41, 5.74) is 0. The minimum absolute atomic E-state index is 0.235. The number of hydrogen-bond acceptors (Lipinski definition) is 5. The van der Waals surface area contributed by atoms with Crippen molar-refractivity contribution in [2.45, 2.75) is 30.8 Å². The summed E-state index contributed by atoms with van der Waals surface area (Å²) in [6, 6.07) is 0.235. The molecule has 8 heteroatoms. The van der Waals surface area contributed by atoms with E-state index in [-0.39, 0.29) is 6.04 Å². The molecular formula is C13H25N5O2S. The van der Waals surface area contributed by atoms with E-state index in [1.807, 2.05) is 21.0 Å². The van der Waals surface area contributed by atoms with E-state index >= 15 is 0 Å². The van der Waals surface area contributed by atoms with Crippen molar-refractivity contribution in [2.75, 3.05) is 40.3 Å². The Morgan fingerprint density at radius 3 is 2.86 bits per heavy atom. The second-order valence-corrected chi connectivity index (χ2v) is 7.53. The van der Waals surface area contributed by atoms with Gasteiger partial charge in [0.15, 0.2) is 0 Å². The molecule has 0 spiro atoms. The lowest BCUT2D eigenvalue weighted by molar-refractivity contribution is 0.159. The van der Waals surface area contributed by atoms with Gasteiger partial charge in [-0.25, -0.2) is 8.42 Å². The van der Waals surface area contributed by atoms with Gasteiger partial charge in [0.05, 0.1) is 6.20 Å². The van der Waals surface area contributed by atoms with Gasteiger partial charge in [-0.2, -0.15) is 9.40 Å². The van der Waals surface area contributed by atoms with Crippen molar-refractivity contribution >= 4 is 10.0 Å². The molecule has 2 rings (SSSR count). The van der Waals surface area contributed by atoms with Gasteiger partial charge in [0.25, 0.3) is 0 Å². The number of aromatic nitrogens is 2. The molecule has 1 saturated heterocycles. The van der Waals surface area contributed by atoms with Crippen LogP contribution in [-0.2, 0) is 16.6 Å². The molecule has 0 aromatic carbocycles. The average Bonchev–Trinajstić information content (AvgIpc) is 2.91. The Hall–Kier alpha value is -0.960. The molecule has 0 aliphatic carbocycles. The fourth-order valence-electron chi connectivity index (χ4n) is 2.40. The van der Waals surface area contributed by atoms with Crippen molar-refractivity contribution in [1.29, 1.82) is 0 Å². The summed E-state index contributed by atoms with van der Waals surface area (Å²) in [5, 5.41) is 7.22. The van der Waals surface area contributed by atoms with Crippen molar-refractivity contribution in [3.63, 3.8) is 0 Å². The van der Waals surface area contributed by atoms with E-state index in [1.54, 1.807) is 15.2 Å². The minimum atomic E-state index is -3.42. The van der Waals surface area contributed by atoms with Crippen molar-refractivity contribution in [1.82, 2.24) is 24.3 Å². The van der Waals surface area contributed by atoms with Gasteiger partial charge >= 0.3 is 0 Å². The molecule has 1 fully saturated rings. The maximum Gasteiger partial charge on any atom is 0.246 e. The zero-order chi connectivity index (χ0) is 15.5. The highest BCUT2D eigenvalue weighted by Crippen LogP contribution is 2.18. The van der Waals surface area contributed by atoms with Crippen LogP contribution >= 0.6 is 0 Å². The molecule has 120 valence electrons. The third kappa shape index (κ3) is 3.82. The lowest BCUT2D eigenvalue weighted by atomic mass is 10.2. The third-order valence-electron chi connectivity index (χ3n) is 3.98. The molecule has 0 radical (unpaired) electrons. The van der Waals surface area contributed by atoms with Crippen molar-refractivity contribution in [3.05, 3.63) is 12.4 Å². The summed E-state index contributed by atoms with van der Waals surface area (Å²) in [5.74, 6) is 0. The predicted molar refractivity (Wildman–Crippen MR) is 81.6 cm³/mol. The lowest BCUT2D eigenvalue weighted by Gasteiger charge is -2.36. The van der Waals surface area contributed by atoms with Gasteiger partial charge in [-0.3, -0.25) is 4.68 Å². The number of likely N-dealkylation sites (N-methyl/N-ethyl adjacent to an activating group) is 1. The normalized spacial score (nSPS) is 21.8. The molecule has 1 aromatic heterocycles. The Morgan fingerprint density at radius 1 is 1.43 bits per heavy atom. The predicted octanol–water partition coefficient (Wildman–Crippen LogP) is -0.183. The van der Waals surface area contributed by atoms with Gasteiger partial charge in [0.2, 0.25) is 10.0 Å². The zero-order valence-corrected chi connectivity index (χ0v) is 13.8. The molecule has 0 saturated carbocycles. The van der Waals surface area contributed by atoms with E-state index in [2.05, 4.69) is 15.3 Å². The summed E-state index contributed by atoms with van der Waals surface area (Å²) in [6.45, 7) is 5.48. The summed E-state index contributed by atoms with van der Waals surface area (Å²) < 4.78 is 28.5. The lowest BCUT2D eigenvalue weighted by Crippen LogP contribution is -2.51. The fraction of sp³-hybridized carbons (Fsp3) is 0.769. The smallest absolute Gasteiger partial charge is 0.246 e. The third-order valence-corrected chi connectivity index (χ3v) is 5.80. The maximum atomic E-state index is 12.6. The molecule has 7 nitrogen and oxygen atoms in total. The van der Waals surface area contributed by atoms with Crippen LogP contribution in [0.1, 0.15) is 13.3 Å². The van der Waals surface area contributed by atoms with Gasteiger partial charge in [-0.05, 0) is 34.0 Å². The molecule has 0 bridgehead atoms. The molecule has 1 aromatic rings. The number of nitrogens with one attached hydrogen (secondary N) is 1. The molecule has 1 N–H and O–H groups in total. The number of piperazine rings is 1. The van der Waals surface area contributed by atoms with E-state index in [4.69, 9.17) is 0 Å². The first-order valence-electron chi connectivity index (χ1n) is 7.32. The molecule has 2 heterocycles. The number of hydrogen-bond donors (Lipinski definition) is 1. The minimum Gasteiger partial charge on any atom is -0.320 e. The van der Waals surface area contributed by atoms with Crippen LogP contribution in [-0.4, -0.2) is 73.7 Å². The highest BCUT2D eigenvalue weighted by molar-refractivity contribution is 7.89. The van der Waals surface area contributed by atoms with Crippen LogP contribution in [0.25, 0.3) is 0 Å². The second-order valence-electron chi connectivity index (χ2n) is 5.59. The Bertz CT molecular complexity index is 557. The van der Waals surface area contributed by atoms with Crippen molar-refractivity contribution < 1.29 is 8.42 Å². The SMILES string of the molecule is CNCCCn1cc(S(=O)(=O)N2CCN(C)C(C)C2)cn1. The fourth-order valence-corrected chi connectivity index (χ4v) is 3.87. The number of nitrogens with zero attached hydrogens (tertiary/aromatic N) is 4. The van der Waals surface area contributed by atoms with Crippen LogP contribution in [0.4, 0.5) is 0 Å². The number of aryl methyl sites for hydroxylation is 1. The highest BCUT2D eigenvalue weighted by atomic mass is 32.2. The second kappa shape index (κ2) is 6.87. The summed E-state index contributed by atoms with van der Waals surface area (Å²) in [6.07, 6.45) is 4.01. The van der Waals surface area contributed by atoms with Crippen LogP contribution in [0.5, 0.6) is 0 Å². The first kappa shape index (κ1) is 16.4. The molecule has 0 amide bonds. The van der Waals surface area contributed by atoms with Gasteiger partial charge in [0.1, 0.15) is 4.90 Å². The molecular weight excluding hydrogens is 290 g/mol. The Morgan fingerprint density at radius 2 is 2.19 bits per heavy atom. The van der Waals surface area contributed by atoms with Gasteiger partial charge in [-0.15, -0.1) is 0 Å². The largest absolute Gasteiger partial charge is 0.320 e. The Labute approximate surface area is 127 Å². The Balaban J connectivity index is 2.06. The van der Waals surface area contributed by atoms with Crippen LogP contribution in [0.3, 0.4) is 0 Å². The summed E-state index contributed by atoms with van der Waals surface area (Å²) in [4.78, 5) is 2.47. The first-order chi connectivity index (χ1) is 9.95. The molecule has 1 aliphatic rings. The van der Waals surface area contributed by atoms with Crippen LogP contribution in [0.2, 0.25) is 0 Å². The number of sulfonamides is 1. The average molecular weight is 315 g/mol. The van der Waals surface area contributed by atoms with Crippen molar-refractivity contribution in [2.24, 2.45) is 0 Å². The summed E-state index contributed by atoms with van der Waals surface area (Å²) >= 11 is 0. The van der Waals surface area contributed by atoms with E-state index in [9.17, 15) is 8.42 Å². The van der Waals surface area contributed by atoms with Crippen LogP contribution in [0.15, 0.2) is 17.3 Å². The van der Waals surface area contributed by atoms with Gasteiger partial charge < -0.3 is 10.2 Å². The van der Waals surface area contributed by atoms with Crippen molar-refractivity contribution in [3.8, 4) is 0 Å². The monoisotopic (exact) mass is 315 g/mol. The van der Waals surface area contributed by atoms with E-state index < -0.39 is 10.0 Å². The number of rotatable bonds is 6. The van der Waals surface area contributed by atoms with Gasteiger partial charge in [0, 0.05) is 38.4 Å². The molecule has 1 aliphatic heterocycles. The van der Waals surface area contributed by atoms with Crippen LogP contribution in [0, 0.1) is 0 Å². The van der Waals surface area contributed by atoms with E-state index in [0.29, 0.717) is 18.0 Å². The summed E-state index contributed by atoms with van der Waals surface area (Å²) in [7, 11) is 0.498. The topological polar surface area (TPSA) is 70.5 Å². The maximum absolute atomic E-state index is 12.6. The standard InChI is InChI=1S/C13H25N5O2S/c1-12-10-18(8-7-16(12)3)21(19,20)13-9-15-17(11-13)6-4-5-14-2/h9,11-12,14H,4-8,10H2,1-3H3. The van der Waals surface area contributed by atoms with Crippen LogP contribution < -0.4 is 5.32 Å². The molecule has 1 unspecified atom stereocenters. The first-order valence-corrected chi connectivity index (χ1v) is 8.76.